The molecular weight excluding hydrogens is 650 g/mol. The number of hydrogen-bond acceptors (Lipinski definition) is 9. The van der Waals surface area contributed by atoms with Gasteiger partial charge in [-0.15, -0.1) is 0 Å². The number of rotatable bonds is 32. The van der Waals surface area contributed by atoms with Crippen molar-refractivity contribution in [3.8, 4) is 0 Å². The average molecular weight is 726 g/mol. The zero-order valence-electron chi connectivity index (χ0n) is 32.0. The molecule has 0 aliphatic carbocycles. The number of hydrogen-bond donors (Lipinski definition) is 7. The second-order valence-electron chi connectivity index (χ2n) is 14.2. The predicted molar refractivity (Wildman–Crippen MR) is 204 cm³/mol. The molecule has 1 fully saturated rings. The van der Waals surface area contributed by atoms with E-state index in [4.69, 9.17) is 9.47 Å². The SMILES string of the molecule is CCCC/C=C\CCCCCCC(O)C(=O)NC(COC1OC(CO)C(O)C(O)C1O)C(O)/C=C/CC/C=C/CCCCCCCCCCCC. The maximum Gasteiger partial charge on any atom is 0.249 e. The third kappa shape index (κ3) is 22.9. The molecule has 0 saturated carbocycles. The van der Waals surface area contributed by atoms with Crippen LogP contribution >= 0.6 is 0 Å². The van der Waals surface area contributed by atoms with Gasteiger partial charge in [0, 0.05) is 0 Å². The Kier molecular flexibility index (Phi) is 29.6. The molecule has 8 atom stereocenters. The molecule has 0 aromatic rings. The van der Waals surface area contributed by atoms with Crippen LogP contribution in [-0.4, -0.2) is 98.7 Å². The number of aliphatic hydroxyl groups is 6. The normalized spacial score (nSPS) is 23.0. The molecule has 10 heteroatoms. The van der Waals surface area contributed by atoms with Crippen LogP contribution in [0.3, 0.4) is 0 Å². The molecule has 1 amide bonds. The van der Waals surface area contributed by atoms with Crippen molar-refractivity contribution >= 4 is 5.91 Å². The first-order valence-electron chi connectivity index (χ1n) is 20.3. The van der Waals surface area contributed by atoms with E-state index in [2.05, 4.69) is 43.5 Å². The van der Waals surface area contributed by atoms with E-state index in [1.165, 1.54) is 77.0 Å². The second-order valence-corrected chi connectivity index (χ2v) is 14.2. The Balaban J connectivity index is 2.53. The van der Waals surface area contributed by atoms with Gasteiger partial charge in [-0.25, -0.2) is 0 Å². The van der Waals surface area contributed by atoms with Crippen LogP contribution in [0, 0.1) is 0 Å². The van der Waals surface area contributed by atoms with Crippen LogP contribution in [0.2, 0.25) is 0 Å². The van der Waals surface area contributed by atoms with E-state index in [-0.39, 0.29) is 13.0 Å². The highest BCUT2D eigenvalue weighted by molar-refractivity contribution is 5.80. The number of carbonyl (C=O) groups excluding carboxylic acids is 1. The summed E-state index contributed by atoms with van der Waals surface area (Å²) in [6.07, 6.45) is 26.7. The van der Waals surface area contributed by atoms with Gasteiger partial charge in [0.2, 0.25) is 5.91 Å². The maximum atomic E-state index is 12.9. The van der Waals surface area contributed by atoms with Crippen LogP contribution in [0.25, 0.3) is 0 Å². The first kappa shape index (κ1) is 47.4. The zero-order valence-corrected chi connectivity index (χ0v) is 32.0. The Morgan fingerprint density at radius 3 is 1.76 bits per heavy atom. The number of nitrogens with one attached hydrogen (secondary N) is 1. The third-order valence-corrected chi connectivity index (χ3v) is 9.54. The smallest absolute Gasteiger partial charge is 0.249 e. The highest BCUT2D eigenvalue weighted by atomic mass is 16.7. The Bertz CT molecular complexity index is 912. The minimum Gasteiger partial charge on any atom is -0.394 e. The molecule has 0 aromatic heterocycles. The van der Waals surface area contributed by atoms with Gasteiger partial charge in [-0.3, -0.25) is 4.79 Å². The molecule has 1 heterocycles. The fourth-order valence-corrected chi connectivity index (χ4v) is 6.10. The van der Waals surface area contributed by atoms with E-state index in [0.717, 1.165) is 44.9 Å². The lowest BCUT2D eigenvalue weighted by molar-refractivity contribution is -0.302. The summed E-state index contributed by atoms with van der Waals surface area (Å²) < 4.78 is 11.1. The lowest BCUT2D eigenvalue weighted by Crippen LogP contribution is -2.60. The van der Waals surface area contributed by atoms with Crippen LogP contribution in [0.5, 0.6) is 0 Å². The minimum atomic E-state index is -1.61. The molecule has 7 N–H and O–H groups in total. The summed E-state index contributed by atoms with van der Waals surface area (Å²) in [6, 6.07) is -0.998. The zero-order chi connectivity index (χ0) is 37.5. The summed E-state index contributed by atoms with van der Waals surface area (Å²) in [4.78, 5) is 12.9. The van der Waals surface area contributed by atoms with Gasteiger partial charge in [0.15, 0.2) is 6.29 Å². The standard InChI is InChI=1S/C41H75NO9/c1-3-5-7-9-11-13-15-16-17-18-19-20-22-23-25-27-29-34(44)33(32-50-41-39(48)38(47)37(46)36(31-43)51-41)42-40(49)35(45)30-28-26-24-21-14-12-10-8-6-4-2/h10,12,20,22,27,29,33-39,41,43-48H,3-9,11,13-19,21,23-26,28,30-32H2,1-2H3,(H,42,49)/b12-10-,22-20+,29-27+. The average Bonchev–Trinajstić information content (AvgIpc) is 3.13. The number of allylic oxidation sites excluding steroid dienone is 5. The van der Waals surface area contributed by atoms with Crippen LogP contribution in [0.4, 0.5) is 0 Å². The number of aliphatic hydroxyl groups excluding tert-OH is 6. The number of carbonyl (C=O) groups is 1. The molecule has 8 unspecified atom stereocenters. The molecule has 1 saturated heterocycles. The maximum absolute atomic E-state index is 12.9. The summed E-state index contributed by atoms with van der Waals surface area (Å²) in [7, 11) is 0. The first-order valence-corrected chi connectivity index (χ1v) is 20.3. The fraction of sp³-hybridized carbons (Fsp3) is 0.829. The summed E-state index contributed by atoms with van der Waals surface area (Å²) >= 11 is 0. The molecule has 1 aliphatic heterocycles. The molecule has 1 aliphatic rings. The topological polar surface area (TPSA) is 169 Å². The summed E-state index contributed by atoms with van der Waals surface area (Å²) in [5.41, 5.74) is 0. The van der Waals surface area contributed by atoms with Crippen molar-refractivity contribution < 1.29 is 44.9 Å². The molecular formula is C41H75NO9. The van der Waals surface area contributed by atoms with Crippen LogP contribution in [0.15, 0.2) is 36.5 Å². The van der Waals surface area contributed by atoms with Crippen molar-refractivity contribution in [2.75, 3.05) is 13.2 Å². The van der Waals surface area contributed by atoms with E-state index >= 15 is 0 Å². The quantitative estimate of drug-likeness (QED) is 0.0311. The van der Waals surface area contributed by atoms with Gasteiger partial charge >= 0.3 is 0 Å². The van der Waals surface area contributed by atoms with Crippen LogP contribution < -0.4 is 5.32 Å². The van der Waals surface area contributed by atoms with Crippen LogP contribution in [0.1, 0.15) is 155 Å². The summed E-state index contributed by atoms with van der Waals surface area (Å²) in [5.74, 6) is -0.640. The third-order valence-electron chi connectivity index (χ3n) is 9.54. The van der Waals surface area contributed by atoms with Gasteiger partial charge in [0.05, 0.1) is 25.4 Å². The fourth-order valence-electron chi connectivity index (χ4n) is 6.10. The molecule has 0 spiro atoms. The van der Waals surface area contributed by atoms with E-state index in [1.54, 1.807) is 6.08 Å². The Labute approximate surface area is 309 Å². The molecule has 51 heavy (non-hydrogen) atoms. The van der Waals surface area contributed by atoms with Crippen LogP contribution in [-0.2, 0) is 14.3 Å². The van der Waals surface area contributed by atoms with Crippen molar-refractivity contribution in [1.29, 1.82) is 0 Å². The Morgan fingerprint density at radius 2 is 1.18 bits per heavy atom. The first-order chi connectivity index (χ1) is 24.8. The monoisotopic (exact) mass is 726 g/mol. The largest absolute Gasteiger partial charge is 0.394 e. The van der Waals surface area contributed by atoms with Gasteiger partial charge < -0.3 is 45.4 Å². The van der Waals surface area contributed by atoms with E-state index < -0.39 is 61.5 Å². The number of unbranched alkanes of at least 4 members (excludes halogenated alkanes) is 17. The molecule has 0 bridgehead atoms. The van der Waals surface area contributed by atoms with Gasteiger partial charge in [-0.2, -0.15) is 0 Å². The summed E-state index contributed by atoms with van der Waals surface area (Å²) in [5, 5.41) is 64.3. The van der Waals surface area contributed by atoms with Crippen molar-refractivity contribution in [2.24, 2.45) is 0 Å². The second kappa shape index (κ2) is 31.9. The predicted octanol–water partition coefficient (Wildman–Crippen LogP) is 6.30. The van der Waals surface area contributed by atoms with E-state index in [1.807, 2.05) is 6.08 Å². The van der Waals surface area contributed by atoms with Crippen molar-refractivity contribution in [1.82, 2.24) is 5.32 Å². The number of ether oxygens (including phenoxy) is 2. The van der Waals surface area contributed by atoms with Gasteiger partial charge in [0.1, 0.15) is 30.5 Å². The molecule has 0 aromatic carbocycles. The Hall–Kier alpha value is -1.63. The highest BCUT2D eigenvalue weighted by Gasteiger charge is 2.44. The van der Waals surface area contributed by atoms with E-state index in [9.17, 15) is 35.4 Å². The van der Waals surface area contributed by atoms with Gasteiger partial charge in [0.25, 0.3) is 0 Å². The van der Waals surface area contributed by atoms with E-state index in [0.29, 0.717) is 12.8 Å². The molecule has 10 nitrogen and oxygen atoms in total. The lowest BCUT2D eigenvalue weighted by Gasteiger charge is -2.40. The number of amides is 1. The van der Waals surface area contributed by atoms with Crippen molar-refractivity contribution in [3.63, 3.8) is 0 Å². The Morgan fingerprint density at radius 1 is 0.667 bits per heavy atom. The molecule has 1 rings (SSSR count). The van der Waals surface area contributed by atoms with Crippen molar-refractivity contribution in [2.45, 2.75) is 204 Å². The van der Waals surface area contributed by atoms with Gasteiger partial charge in [-0.1, -0.05) is 140 Å². The van der Waals surface area contributed by atoms with Crippen molar-refractivity contribution in [3.05, 3.63) is 36.5 Å². The summed E-state index contributed by atoms with van der Waals surface area (Å²) in [6.45, 7) is 3.50. The minimum absolute atomic E-state index is 0.288. The highest BCUT2D eigenvalue weighted by Crippen LogP contribution is 2.22. The lowest BCUT2D eigenvalue weighted by atomic mass is 9.99. The molecule has 298 valence electrons. The molecule has 0 radical (unpaired) electrons. The van der Waals surface area contributed by atoms with Gasteiger partial charge in [-0.05, 0) is 51.4 Å².